The molecule has 0 saturated carbocycles. The average Bonchev–Trinajstić information content (AvgIpc) is 2.96. The Labute approximate surface area is 178 Å². The molecule has 0 bridgehead atoms. The van der Waals surface area contributed by atoms with E-state index in [0.717, 1.165) is 16.0 Å². The van der Waals surface area contributed by atoms with Crippen LogP contribution in [0.3, 0.4) is 0 Å². The third-order valence-electron chi connectivity index (χ3n) is 4.96. The Morgan fingerprint density at radius 2 is 1.60 bits per heavy atom. The summed E-state index contributed by atoms with van der Waals surface area (Å²) in [5, 5.41) is 3.43. The van der Waals surface area contributed by atoms with Crippen molar-refractivity contribution in [2.45, 2.75) is 13.8 Å². The second-order valence-corrected chi connectivity index (χ2v) is 7.50. The van der Waals surface area contributed by atoms with Gasteiger partial charge in [0.15, 0.2) is 0 Å². The van der Waals surface area contributed by atoms with Gasteiger partial charge in [0.2, 0.25) is 0 Å². The second-order valence-electron chi connectivity index (χ2n) is 7.10. The molecule has 150 valence electrons. The molecule has 1 aliphatic heterocycles. The highest BCUT2D eigenvalue weighted by atomic mass is 35.5. The van der Waals surface area contributed by atoms with Gasteiger partial charge in [0.1, 0.15) is 11.5 Å². The highest BCUT2D eigenvalue weighted by molar-refractivity contribution is 6.48. The molecule has 1 heterocycles. The number of anilines is 2. The van der Waals surface area contributed by atoms with Gasteiger partial charge in [-0.2, -0.15) is 0 Å². The van der Waals surface area contributed by atoms with Crippen molar-refractivity contribution in [2.24, 2.45) is 0 Å². The molecule has 2 amide bonds. The van der Waals surface area contributed by atoms with Crippen LogP contribution in [0, 0.1) is 19.7 Å². The topological polar surface area (TPSA) is 49.4 Å². The molecule has 4 rings (SSSR count). The van der Waals surface area contributed by atoms with E-state index in [1.165, 1.54) is 24.3 Å². The van der Waals surface area contributed by atoms with Crippen molar-refractivity contribution in [3.8, 4) is 0 Å². The maximum atomic E-state index is 13.5. The molecule has 0 atom stereocenters. The number of nitrogens with zero attached hydrogens (tertiary/aromatic N) is 1. The number of aryl methyl sites for hydroxylation is 2. The summed E-state index contributed by atoms with van der Waals surface area (Å²) >= 11 is 6.27. The fourth-order valence-electron chi connectivity index (χ4n) is 3.39. The largest absolute Gasteiger partial charge is 0.350 e. The van der Waals surface area contributed by atoms with Gasteiger partial charge >= 0.3 is 0 Å². The summed E-state index contributed by atoms with van der Waals surface area (Å²) in [6.45, 7) is 3.85. The van der Waals surface area contributed by atoms with E-state index in [9.17, 15) is 14.0 Å². The summed E-state index contributed by atoms with van der Waals surface area (Å²) < 4.78 is 13.5. The molecule has 4 nitrogen and oxygen atoms in total. The van der Waals surface area contributed by atoms with Crippen LogP contribution < -0.4 is 10.2 Å². The monoisotopic (exact) mass is 420 g/mol. The van der Waals surface area contributed by atoms with E-state index in [-0.39, 0.29) is 16.3 Å². The van der Waals surface area contributed by atoms with Crippen LogP contribution in [0.15, 0.2) is 72.4 Å². The Bertz CT molecular complexity index is 1200. The lowest BCUT2D eigenvalue weighted by molar-refractivity contribution is -0.120. The number of hydrogen-bond acceptors (Lipinski definition) is 3. The number of hydrogen-bond donors (Lipinski definition) is 1. The van der Waals surface area contributed by atoms with Gasteiger partial charge in [-0.1, -0.05) is 48.0 Å². The van der Waals surface area contributed by atoms with Gasteiger partial charge in [-0.05, 0) is 60.9 Å². The van der Waals surface area contributed by atoms with Gasteiger partial charge < -0.3 is 5.32 Å². The molecular weight excluding hydrogens is 403 g/mol. The zero-order chi connectivity index (χ0) is 21.4. The quantitative estimate of drug-likeness (QED) is 0.567. The first-order valence-electron chi connectivity index (χ1n) is 9.34. The standard InChI is InChI=1S/C24H18ClFN2O2/c1-14-7-8-15(2)19(13-14)27-22-21(16-9-11-17(26)12-10-16)23(29)28(24(22)30)20-6-4-3-5-18(20)25/h3-13,27H,1-2H3. The van der Waals surface area contributed by atoms with E-state index >= 15 is 0 Å². The zero-order valence-corrected chi connectivity index (χ0v) is 17.1. The first-order valence-corrected chi connectivity index (χ1v) is 9.72. The Morgan fingerprint density at radius 1 is 0.900 bits per heavy atom. The predicted molar refractivity (Wildman–Crippen MR) is 117 cm³/mol. The summed E-state index contributed by atoms with van der Waals surface area (Å²) in [7, 11) is 0. The predicted octanol–water partition coefficient (Wildman–Crippen LogP) is 5.49. The van der Waals surface area contributed by atoms with E-state index in [1.54, 1.807) is 24.3 Å². The lowest BCUT2D eigenvalue weighted by atomic mass is 10.0. The van der Waals surface area contributed by atoms with Crippen molar-refractivity contribution >= 4 is 40.4 Å². The van der Waals surface area contributed by atoms with Gasteiger partial charge in [-0.15, -0.1) is 0 Å². The van der Waals surface area contributed by atoms with Crippen molar-refractivity contribution in [2.75, 3.05) is 10.2 Å². The number of amides is 2. The van der Waals surface area contributed by atoms with E-state index in [0.29, 0.717) is 16.9 Å². The summed E-state index contributed by atoms with van der Waals surface area (Å²) in [6.07, 6.45) is 0. The molecule has 1 N–H and O–H groups in total. The normalized spacial score (nSPS) is 13.9. The summed E-state index contributed by atoms with van der Waals surface area (Å²) in [6, 6.07) is 17.9. The fourth-order valence-corrected chi connectivity index (χ4v) is 3.61. The van der Waals surface area contributed by atoms with Crippen LogP contribution in [-0.4, -0.2) is 11.8 Å². The van der Waals surface area contributed by atoms with E-state index < -0.39 is 17.6 Å². The Kier molecular flexibility index (Phi) is 5.14. The van der Waals surface area contributed by atoms with Crippen molar-refractivity contribution in [3.63, 3.8) is 0 Å². The van der Waals surface area contributed by atoms with Gasteiger partial charge in [0, 0.05) is 5.69 Å². The number of halogens is 2. The number of rotatable bonds is 4. The smallest absolute Gasteiger partial charge is 0.282 e. The highest BCUT2D eigenvalue weighted by Gasteiger charge is 2.41. The number of carbonyl (C=O) groups excluding carboxylic acids is 2. The van der Waals surface area contributed by atoms with Gasteiger partial charge in [-0.25, -0.2) is 9.29 Å². The van der Waals surface area contributed by atoms with Crippen LogP contribution >= 0.6 is 11.6 Å². The lowest BCUT2D eigenvalue weighted by Crippen LogP contribution is -2.32. The SMILES string of the molecule is Cc1ccc(C)c(NC2=C(c3ccc(F)cc3)C(=O)N(c3ccccc3Cl)C2=O)c1. The molecule has 6 heteroatoms. The van der Waals surface area contributed by atoms with Crippen LogP contribution in [0.2, 0.25) is 5.02 Å². The third-order valence-corrected chi connectivity index (χ3v) is 5.28. The number of imide groups is 1. The number of carbonyl (C=O) groups is 2. The van der Waals surface area contributed by atoms with Crippen LogP contribution in [-0.2, 0) is 9.59 Å². The Hall–Kier alpha value is -3.44. The molecule has 3 aromatic rings. The minimum Gasteiger partial charge on any atom is -0.350 e. The first kappa shape index (κ1) is 19.9. The van der Waals surface area contributed by atoms with Gasteiger partial charge in [0.25, 0.3) is 11.8 Å². The maximum Gasteiger partial charge on any atom is 0.282 e. The minimum absolute atomic E-state index is 0.125. The summed E-state index contributed by atoms with van der Waals surface area (Å²) in [5.74, 6) is -1.47. The van der Waals surface area contributed by atoms with Crippen molar-refractivity contribution in [3.05, 3.63) is 100.0 Å². The van der Waals surface area contributed by atoms with E-state index in [1.807, 2.05) is 32.0 Å². The first-order chi connectivity index (χ1) is 14.4. The molecule has 0 fully saturated rings. The molecule has 0 saturated heterocycles. The molecule has 1 aliphatic rings. The van der Waals surface area contributed by atoms with Crippen LogP contribution in [0.25, 0.3) is 5.57 Å². The minimum atomic E-state index is -0.521. The number of para-hydroxylation sites is 1. The number of benzene rings is 3. The second kappa shape index (κ2) is 7.76. The third kappa shape index (κ3) is 3.48. The van der Waals surface area contributed by atoms with E-state index in [2.05, 4.69) is 5.32 Å². The number of nitrogens with one attached hydrogen (secondary N) is 1. The molecule has 0 radical (unpaired) electrons. The van der Waals surface area contributed by atoms with Crippen molar-refractivity contribution in [1.29, 1.82) is 0 Å². The van der Waals surface area contributed by atoms with Crippen molar-refractivity contribution in [1.82, 2.24) is 0 Å². The average molecular weight is 421 g/mol. The maximum absolute atomic E-state index is 13.5. The molecule has 0 aromatic heterocycles. The zero-order valence-electron chi connectivity index (χ0n) is 16.4. The molecule has 0 aliphatic carbocycles. The lowest BCUT2D eigenvalue weighted by Gasteiger charge is -2.17. The van der Waals surface area contributed by atoms with Gasteiger partial charge in [0.05, 0.1) is 16.3 Å². The molecule has 0 unspecified atom stereocenters. The molecule has 30 heavy (non-hydrogen) atoms. The van der Waals surface area contributed by atoms with Crippen molar-refractivity contribution < 1.29 is 14.0 Å². The fraction of sp³-hybridized carbons (Fsp3) is 0.0833. The summed E-state index contributed by atoms with van der Waals surface area (Å²) in [5.41, 5.74) is 3.67. The summed E-state index contributed by atoms with van der Waals surface area (Å²) in [4.78, 5) is 27.8. The van der Waals surface area contributed by atoms with Crippen LogP contribution in [0.1, 0.15) is 16.7 Å². The van der Waals surface area contributed by atoms with E-state index in [4.69, 9.17) is 11.6 Å². The molecule has 3 aromatic carbocycles. The van der Waals surface area contributed by atoms with Crippen LogP contribution in [0.4, 0.5) is 15.8 Å². The Morgan fingerprint density at radius 3 is 2.30 bits per heavy atom. The molecule has 0 spiro atoms. The Balaban J connectivity index is 1.87. The van der Waals surface area contributed by atoms with Crippen LogP contribution in [0.5, 0.6) is 0 Å². The van der Waals surface area contributed by atoms with Gasteiger partial charge in [-0.3, -0.25) is 9.59 Å². The highest BCUT2D eigenvalue weighted by Crippen LogP contribution is 2.37. The molecular formula is C24H18ClFN2O2.